The summed E-state index contributed by atoms with van der Waals surface area (Å²) in [5, 5.41) is 0.777. The molecule has 0 aliphatic rings. The number of methoxy groups -OCH3 is 1. The van der Waals surface area contributed by atoms with Crippen LogP contribution < -0.4 is 5.56 Å². The smallest absolute Gasteiger partial charge is 0.318 e. The van der Waals surface area contributed by atoms with Gasteiger partial charge in [0.15, 0.2) is 5.16 Å². The highest BCUT2D eigenvalue weighted by Gasteiger charge is 2.20. The molecule has 0 fully saturated rings. The zero-order chi connectivity index (χ0) is 19.4. The van der Waals surface area contributed by atoms with E-state index in [9.17, 15) is 9.59 Å². The number of thioether (sulfide) groups is 1. The number of carbonyl (C=O) groups excluding carboxylic acids is 1. The van der Waals surface area contributed by atoms with Crippen molar-refractivity contribution in [3.05, 3.63) is 57.2 Å². The van der Waals surface area contributed by atoms with Crippen LogP contribution in [-0.2, 0) is 28.9 Å². The highest BCUT2D eigenvalue weighted by atomic mass is 32.2. The molecule has 0 spiro atoms. The Morgan fingerprint density at radius 2 is 2.07 bits per heavy atom. The highest BCUT2D eigenvalue weighted by molar-refractivity contribution is 8.00. The zero-order valence-electron chi connectivity index (χ0n) is 15.6. The second-order valence-electron chi connectivity index (χ2n) is 6.16. The van der Waals surface area contributed by atoms with Gasteiger partial charge in [0.25, 0.3) is 5.56 Å². The van der Waals surface area contributed by atoms with E-state index in [-0.39, 0.29) is 11.5 Å². The van der Waals surface area contributed by atoms with E-state index < -0.39 is 5.25 Å². The standard InChI is InChI=1S/C20H22N2O3S2/c1-4-15-12-16-17(27-15)21-20(26-13(2)19(24)25-3)22(18(16)23)11-10-14-8-6-5-7-9-14/h5-9,12-13H,4,10-11H2,1-3H3. The second kappa shape index (κ2) is 8.71. The van der Waals surface area contributed by atoms with Crippen molar-refractivity contribution in [2.45, 2.75) is 43.6 Å². The van der Waals surface area contributed by atoms with Crippen LogP contribution in [0.5, 0.6) is 0 Å². The van der Waals surface area contributed by atoms with Crippen molar-refractivity contribution in [2.24, 2.45) is 0 Å². The first kappa shape index (κ1) is 19.6. The zero-order valence-corrected chi connectivity index (χ0v) is 17.2. The van der Waals surface area contributed by atoms with E-state index in [0.29, 0.717) is 17.1 Å². The minimum atomic E-state index is -0.437. The van der Waals surface area contributed by atoms with Crippen LogP contribution in [-0.4, -0.2) is 27.9 Å². The first-order valence-corrected chi connectivity index (χ1v) is 10.5. The van der Waals surface area contributed by atoms with E-state index in [1.54, 1.807) is 11.5 Å². The molecule has 2 heterocycles. The van der Waals surface area contributed by atoms with Gasteiger partial charge in [-0.3, -0.25) is 14.2 Å². The monoisotopic (exact) mass is 402 g/mol. The van der Waals surface area contributed by atoms with Crippen LogP contribution in [0.25, 0.3) is 10.2 Å². The van der Waals surface area contributed by atoms with Crippen LogP contribution in [0.4, 0.5) is 0 Å². The van der Waals surface area contributed by atoms with Crippen molar-refractivity contribution in [3.8, 4) is 0 Å². The van der Waals surface area contributed by atoms with Gasteiger partial charge >= 0.3 is 5.97 Å². The Bertz CT molecular complexity index is 996. The summed E-state index contributed by atoms with van der Waals surface area (Å²) in [6.45, 7) is 4.34. The quantitative estimate of drug-likeness (QED) is 0.341. The molecule has 142 valence electrons. The molecular weight excluding hydrogens is 380 g/mol. The number of carbonyl (C=O) groups is 1. The lowest BCUT2D eigenvalue weighted by Crippen LogP contribution is -2.25. The number of aromatic nitrogens is 2. The van der Waals surface area contributed by atoms with Crippen molar-refractivity contribution in [1.82, 2.24) is 9.55 Å². The number of esters is 1. The van der Waals surface area contributed by atoms with Crippen LogP contribution in [0.3, 0.4) is 0 Å². The van der Waals surface area contributed by atoms with Gasteiger partial charge in [0.2, 0.25) is 0 Å². The molecule has 27 heavy (non-hydrogen) atoms. The molecule has 7 heteroatoms. The summed E-state index contributed by atoms with van der Waals surface area (Å²) in [5.41, 5.74) is 1.10. The molecule has 0 amide bonds. The summed E-state index contributed by atoms with van der Waals surface area (Å²) < 4.78 is 6.51. The van der Waals surface area contributed by atoms with Gasteiger partial charge in [-0.25, -0.2) is 4.98 Å². The third-order valence-electron chi connectivity index (χ3n) is 4.30. The maximum Gasteiger partial charge on any atom is 0.318 e. The summed E-state index contributed by atoms with van der Waals surface area (Å²) in [4.78, 5) is 31.5. The number of benzene rings is 1. The van der Waals surface area contributed by atoms with Crippen molar-refractivity contribution in [2.75, 3.05) is 7.11 Å². The van der Waals surface area contributed by atoms with E-state index in [1.165, 1.54) is 30.2 Å². The van der Waals surface area contributed by atoms with Gasteiger partial charge in [0.1, 0.15) is 10.1 Å². The van der Waals surface area contributed by atoms with Crippen molar-refractivity contribution < 1.29 is 9.53 Å². The number of aryl methyl sites for hydroxylation is 2. The molecule has 1 aromatic carbocycles. The minimum Gasteiger partial charge on any atom is -0.468 e. The Hall–Kier alpha value is -2.12. The van der Waals surface area contributed by atoms with E-state index >= 15 is 0 Å². The van der Waals surface area contributed by atoms with Crippen LogP contribution in [0.2, 0.25) is 0 Å². The molecule has 0 radical (unpaired) electrons. The van der Waals surface area contributed by atoms with Crippen LogP contribution in [0, 0.1) is 0 Å². The maximum absolute atomic E-state index is 13.1. The fraction of sp³-hybridized carbons (Fsp3) is 0.350. The fourth-order valence-electron chi connectivity index (χ4n) is 2.77. The molecule has 0 saturated carbocycles. The first-order valence-electron chi connectivity index (χ1n) is 8.85. The molecule has 0 aliphatic carbocycles. The van der Waals surface area contributed by atoms with Gasteiger partial charge < -0.3 is 4.74 Å². The summed E-state index contributed by atoms with van der Waals surface area (Å²) in [7, 11) is 1.37. The lowest BCUT2D eigenvalue weighted by molar-refractivity contribution is -0.139. The molecule has 3 rings (SSSR count). The Kier molecular flexibility index (Phi) is 6.34. The molecule has 1 atom stereocenters. The van der Waals surface area contributed by atoms with Gasteiger partial charge in [0.05, 0.1) is 12.5 Å². The predicted molar refractivity (Wildman–Crippen MR) is 111 cm³/mol. The molecule has 0 N–H and O–H groups in total. The molecule has 0 aliphatic heterocycles. The molecule has 0 bridgehead atoms. The second-order valence-corrected chi connectivity index (χ2v) is 8.58. The first-order chi connectivity index (χ1) is 13.0. The Morgan fingerprint density at radius 1 is 1.33 bits per heavy atom. The molecular formula is C20H22N2O3S2. The minimum absolute atomic E-state index is 0.0496. The maximum atomic E-state index is 13.1. The lowest BCUT2D eigenvalue weighted by atomic mass is 10.1. The number of hydrogen-bond donors (Lipinski definition) is 0. The average Bonchev–Trinajstić information content (AvgIpc) is 3.11. The summed E-state index contributed by atoms with van der Waals surface area (Å²) in [6.07, 6.45) is 1.59. The molecule has 0 saturated heterocycles. The highest BCUT2D eigenvalue weighted by Crippen LogP contribution is 2.27. The summed E-state index contributed by atoms with van der Waals surface area (Å²) in [5.74, 6) is -0.329. The van der Waals surface area contributed by atoms with Crippen molar-refractivity contribution in [1.29, 1.82) is 0 Å². The van der Waals surface area contributed by atoms with Gasteiger partial charge in [-0.05, 0) is 31.4 Å². The number of thiophene rings is 1. The molecule has 3 aromatic rings. The molecule has 5 nitrogen and oxygen atoms in total. The Balaban J connectivity index is 2.01. The van der Waals surface area contributed by atoms with Crippen molar-refractivity contribution in [3.63, 3.8) is 0 Å². The summed E-state index contributed by atoms with van der Waals surface area (Å²) >= 11 is 2.80. The van der Waals surface area contributed by atoms with Crippen molar-refractivity contribution >= 4 is 39.3 Å². The molecule has 1 unspecified atom stereocenters. The van der Waals surface area contributed by atoms with E-state index in [0.717, 1.165) is 28.1 Å². The van der Waals surface area contributed by atoms with Crippen LogP contribution in [0.15, 0.2) is 46.3 Å². The third kappa shape index (κ3) is 4.42. The Morgan fingerprint density at radius 3 is 2.74 bits per heavy atom. The Labute approximate surface area is 166 Å². The largest absolute Gasteiger partial charge is 0.468 e. The fourth-order valence-corrected chi connectivity index (χ4v) is 4.74. The number of hydrogen-bond acceptors (Lipinski definition) is 6. The summed E-state index contributed by atoms with van der Waals surface area (Å²) in [6, 6.07) is 12.0. The number of ether oxygens (including phenoxy) is 1. The predicted octanol–water partition coefficient (Wildman–Crippen LogP) is 3.92. The van der Waals surface area contributed by atoms with Crippen LogP contribution >= 0.6 is 23.1 Å². The van der Waals surface area contributed by atoms with E-state index in [1.807, 2.05) is 36.4 Å². The lowest BCUT2D eigenvalue weighted by Gasteiger charge is -2.14. The average molecular weight is 403 g/mol. The van der Waals surface area contributed by atoms with Gasteiger partial charge in [0, 0.05) is 11.4 Å². The SMILES string of the molecule is CCc1cc2c(=O)n(CCc3ccccc3)c(SC(C)C(=O)OC)nc2s1. The number of fused-ring (bicyclic) bond motifs is 1. The van der Waals surface area contributed by atoms with E-state index in [4.69, 9.17) is 9.72 Å². The molecule has 2 aromatic heterocycles. The van der Waals surface area contributed by atoms with Gasteiger partial charge in [-0.1, -0.05) is 49.0 Å². The number of nitrogens with zero attached hydrogens (tertiary/aromatic N) is 2. The number of rotatable bonds is 7. The van der Waals surface area contributed by atoms with E-state index in [2.05, 4.69) is 6.92 Å². The topological polar surface area (TPSA) is 61.2 Å². The van der Waals surface area contributed by atoms with Gasteiger partial charge in [-0.15, -0.1) is 11.3 Å². The van der Waals surface area contributed by atoms with Gasteiger partial charge in [-0.2, -0.15) is 0 Å². The van der Waals surface area contributed by atoms with Crippen LogP contribution in [0.1, 0.15) is 24.3 Å². The normalized spacial score (nSPS) is 12.3. The third-order valence-corrected chi connectivity index (χ3v) is 6.54.